The summed E-state index contributed by atoms with van der Waals surface area (Å²) < 4.78 is 10.4. The molecule has 2 heterocycles. The van der Waals surface area contributed by atoms with Crippen molar-refractivity contribution in [2.24, 2.45) is 5.92 Å². The van der Waals surface area contributed by atoms with E-state index in [1.54, 1.807) is 23.9 Å². The Kier molecular flexibility index (Phi) is 5.49. The number of carbonyl (C=O) groups excluding carboxylic acids is 1. The molecule has 3 rings (SSSR count). The second-order valence-corrected chi connectivity index (χ2v) is 7.00. The molecule has 1 aliphatic rings. The van der Waals surface area contributed by atoms with E-state index in [9.17, 15) is 15.3 Å². The standard InChI is InChI=1S/C21H16N2O3S/c1-13(21(24)25-2)19(17-7-5-9-26-17)16-12-27-18-8-4-3-6-15(18)20(16)14(10-22)11-23/h3-9,16,19H,1,12H2,2H3/t16-,19+/m0/s1. The molecule has 0 N–H and O–H groups in total. The molecule has 2 aromatic rings. The maximum absolute atomic E-state index is 12.2. The van der Waals surface area contributed by atoms with E-state index in [2.05, 4.69) is 6.58 Å². The third-order valence-corrected chi connectivity index (χ3v) is 5.73. The fraction of sp³-hybridized carbons (Fsp3) is 0.190. The number of hydrogen-bond donors (Lipinski definition) is 0. The largest absolute Gasteiger partial charge is 0.469 e. The number of furan rings is 1. The molecule has 1 aromatic heterocycles. The zero-order valence-electron chi connectivity index (χ0n) is 14.6. The first-order valence-electron chi connectivity index (χ1n) is 8.19. The average Bonchev–Trinajstić information content (AvgIpc) is 3.23. The Morgan fingerprint density at radius 3 is 2.67 bits per heavy atom. The minimum absolute atomic E-state index is 0.0296. The van der Waals surface area contributed by atoms with Gasteiger partial charge in [-0.2, -0.15) is 10.5 Å². The first-order chi connectivity index (χ1) is 13.1. The summed E-state index contributed by atoms with van der Waals surface area (Å²) in [7, 11) is 1.30. The van der Waals surface area contributed by atoms with E-state index in [1.807, 2.05) is 36.4 Å². The molecule has 134 valence electrons. The van der Waals surface area contributed by atoms with Gasteiger partial charge in [0.1, 0.15) is 23.5 Å². The summed E-state index contributed by atoms with van der Waals surface area (Å²) in [6.07, 6.45) is 1.52. The third-order valence-electron chi connectivity index (χ3n) is 4.53. The van der Waals surface area contributed by atoms with E-state index < -0.39 is 11.9 Å². The van der Waals surface area contributed by atoms with Gasteiger partial charge in [-0.1, -0.05) is 24.8 Å². The summed E-state index contributed by atoms with van der Waals surface area (Å²) in [6.45, 7) is 3.93. The van der Waals surface area contributed by atoms with E-state index >= 15 is 0 Å². The number of ether oxygens (including phenoxy) is 1. The molecule has 0 saturated carbocycles. The quantitative estimate of drug-likeness (QED) is 0.449. The van der Waals surface area contributed by atoms with Crippen LogP contribution in [0.5, 0.6) is 0 Å². The number of nitrogens with zero attached hydrogens (tertiary/aromatic N) is 2. The van der Waals surface area contributed by atoms with Crippen LogP contribution in [-0.4, -0.2) is 18.8 Å². The number of methoxy groups -OCH3 is 1. The van der Waals surface area contributed by atoms with Crippen LogP contribution in [0.1, 0.15) is 17.2 Å². The molecule has 0 radical (unpaired) electrons. The summed E-state index contributed by atoms with van der Waals surface area (Å²) in [5.41, 5.74) is 1.69. The maximum Gasteiger partial charge on any atom is 0.333 e. The van der Waals surface area contributed by atoms with Crippen LogP contribution < -0.4 is 0 Å². The molecule has 1 aromatic carbocycles. The van der Waals surface area contributed by atoms with Crippen molar-refractivity contribution < 1.29 is 13.9 Å². The van der Waals surface area contributed by atoms with E-state index in [0.717, 1.165) is 10.5 Å². The van der Waals surface area contributed by atoms with Crippen LogP contribution in [0.15, 0.2) is 69.7 Å². The topological polar surface area (TPSA) is 87.0 Å². The minimum atomic E-state index is -0.546. The molecular formula is C21H16N2O3S. The SMILES string of the molecule is C=C(C(=O)OC)[C@@H](c1ccco1)[C@@H]1CSc2ccccc2C1=C(C#N)C#N. The number of benzene rings is 1. The molecule has 1 aliphatic heterocycles. The Labute approximate surface area is 161 Å². The van der Waals surface area contributed by atoms with Gasteiger partial charge < -0.3 is 9.15 Å². The number of hydrogen-bond acceptors (Lipinski definition) is 6. The molecule has 2 atom stereocenters. The van der Waals surface area contributed by atoms with Crippen molar-refractivity contribution in [3.05, 3.63) is 71.7 Å². The number of thioether (sulfide) groups is 1. The van der Waals surface area contributed by atoms with Gasteiger partial charge >= 0.3 is 5.97 Å². The van der Waals surface area contributed by atoms with Crippen LogP contribution in [0, 0.1) is 28.6 Å². The number of rotatable bonds is 4. The van der Waals surface area contributed by atoms with Crippen molar-refractivity contribution >= 4 is 23.3 Å². The smallest absolute Gasteiger partial charge is 0.333 e. The molecule has 0 aliphatic carbocycles. The number of carbonyl (C=O) groups is 1. The molecule has 27 heavy (non-hydrogen) atoms. The molecule has 0 saturated heterocycles. The van der Waals surface area contributed by atoms with Crippen molar-refractivity contribution in [2.45, 2.75) is 10.8 Å². The normalized spacial score (nSPS) is 16.4. The molecule has 6 heteroatoms. The summed E-state index contributed by atoms with van der Waals surface area (Å²) in [5, 5.41) is 19.1. The fourth-order valence-corrected chi connectivity index (χ4v) is 4.57. The third kappa shape index (κ3) is 3.40. The van der Waals surface area contributed by atoms with Crippen LogP contribution in [-0.2, 0) is 9.53 Å². The van der Waals surface area contributed by atoms with Gasteiger partial charge in [-0.3, -0.25) is 0 Å². The lowest BCUT2D eigenvalue weighted by Crippen LogP contribution is -2.26. The van der Waals surface area contributed by atoms with E-state index in [1.165, 1.54) is 13.4 Å². The van der Waals surface area contributed by atoms with Crippen molar-refractivity contribution in [3.8, 4) is 12.1 Å². The Morgan fingerprint density at radius 2 is 2.04 bits per heavy atom. The van der Waals surface area contributed by atoms with Crippen LogP contribution >= 0.6 is 11.8 Å². The monoisotopic (exact) mass is 376 g/mol. The Hall–Kier alpha value is -3.22. The molecular weight excluding hydrogens is 360 g/mol. The van der Waals surface area contributed by atoms with Crippen molar-refractivity contribution in [1.29, 1.82) is 10.5 Å². The molecule has 0 spiro atoms. The summed E-state index contributed by atoms with van der Waals surface area (Å²) >= 11 is 1.61. The first kappa shape index (κ1) is 18.6. The number of nitriles is 2. The number of esters is 1. The Morgan fingerprint density at radius 1 is 1.30 bits per heavy atom. The zero-order chi connectivity index (χ0) is 19.4. The number of fused-ring (bicyclic) bond motifs is 1. The molecule has 0 bridgehead atoms. The molecule has 0 fully saturated rings. The second kappa shape index (κ2) is 7.99. The highest BCUT2D eigenvalue weighted by Crippen LogP contribution is 2.49. The molecule has 0 amide bonds. The van der Waals surface area contributed by atoms with E-state index in [0.29, 0.717) is 17.1 Å². The van der Waals surface area contributed by atoms with Crippen molar-refractivity contribution in [3.63, 3.8) is 0 Å². The maximum atomic E-state index is 12.2. The lowest BCUT2D eigenvalue weighted by atomic mass is 9.76. The Balaban J connectivity index is 2.21. The van der Waals surface area contributed by atoms with Gasteiger partial charge in [0.25, 0.3) is 0 Å². The van der Waals surface area contributed by atoms with Gasteiger partial charge in [-0.25, -0.2) is 4.79 Å². The van der Waals surface area contributed by atoms with Gasteiger partial charge in [0, 0.05) is 22.1 Å². The highest BCUT2D eigenvalue weighted by molar-refractivity contribution is 7.99. The molecule has 0 unspecified atom stereocenters. The Bertz CT molecular complexity index is 977. The van der Waals surface area contributed by atoms with Crippen molar-refractivity contribution in [2.75, 3.05) is 12.9 Å². The van der Waals surface area contributed by atoms with Gasteiger partial charge in [0.05, 0.1) is 19.3 Å². The van der Waals surface area contributed by atoms with Crippen molar-refractivity contribution in [1.82, 2.24) is 0 Å². The van der Waals surface area contributed by atoms with Gasteiger partial charge in [-0.05, 0) is 29.3 Å². The highest BCUT2D eigenvalue weighted by atomic mass is 32.2. The van der Waals surface area contributed by atoms with E-state index in [-0.39, 0.29) is 17.1 Å². The predicted octanol–water partition coefficient (Wildman–Crippen LogP) is 4.32. The first-order valence-corrected chi connectivity index (χ1v) is 9.18. The van der Waals surface area contributed by atoms with Crippen LogP contribution in [0.3, 0.4) is 0 Å². The number of allylic oxidation sites excluding steroid dienone is 2. The molecule has 5 nitrogen and oxygen atoms in total. The predicted molar refractivity (Wildman–Crippen MR) is 101 cm³/mol. The average molecular weight is 376 g/mol. The van der Waals surface area contributed by atoms with Gasteiger partial charge in [0.15, 0.2) is 0 Å². The lowest BCUT2D eigenvalue weighted by molar-refractivity contribution is -0.136. The summed E-state index contributed by atoms with van der Waals surface area (Å²) in [5.74, 6) is -0.309. The lowest BCUT2D eigenvalue weighted by Gasteiger charge is -2.33. The highest BCUT2D eigenvalue weighted by Gasteiger charge is 2.39. The zero-order valence-corrected chi connectivity index (χ0v) is 15.5. The minimum Gasteiger partial charge on any atom is -0.469 e. The van der Waals surface area contributed by atoms with Crippen LogP contribution in [0.4, 0.5) is 0 Å². The van der Waals surface area contributed by atoms with Gasteiger partial charge in [0.2, 0.25) is 0 Å². The summed E-state index contributed by atoms with van der Waals surface area (Å²) in [4.78, 5) is 13.2. The fourth-order valence-electron chi connectivity index (χ4n) is 3.35. The summed E-state index contributed by atoms with van der Waals surface area (Å²) in [6, 6.07) is 15.1. The van der Waals surface area contributed by atoms with Crippen LogP contribution in [0.25, 0.3) is 5.57 Å². The van der Waals surface area contributed by atoms with Crippen LogP contribution in [0.2, 0.25) is 0 Å². The second-order valence-electron chi connectivity index (χ2n) is 5.94. The van der Waals surface area contributed by atoms with Gasteiger partial charge in [-0.15, -0.1) is 11.8 Å². The van der Waals surface area contributed by atoms with E-state index in [4.69, 9.17) is 9.15 Å².